The Kier molecular flexibility index (Phi) is 5.39. The summed E-state index contributed by atoms with van der Waals surface area (Å²) < 4.78 is 0. The molecule has 2 aromatic rings. The van der Waals surface area contributed by atoms with Crippen LogP contribution >= 0.6 is 11.8 Å². The van der Waals surface area contributed by atoms with Crippen LogP contribution < -0.4 is 5.32 Å². The molecule has 0 saturated heterocycles. The number of aryl methyl sites for hydroxylation is 1. The summed E-state index contributed by atoms with van der Waals surface area (Å²) >= 11 is 1.70. The Morgan fingerprint density at radius 3 is 2.74 bits per heavy atom. The molecule has 2 aromatic carbocycles. The van der Waals surface area contributed by atoms with E-state index < -0.39 is 0 Å². The van der Waals surface area contributed by atoms with Crippen molar-refractivity contribution >= 4 is 17.7 Å². The van der Waals surface area contributed by atoms with E-state index in [1.54, 1.807) is 11.8 Å². The van der Waals surface area contributed by atoms with E-state index in [4.69, 9.17) is 0 Å². The van der Waals surface area contributed by atoms with Gasteiger partial charge in [0.1, 0.15) is 0 Å². The number of carbonyl (C=O) groups is 1. The van der Waals surface area contributed by atoms with Crippen LogP contribution in [0.1, 0.15) is 47.7 Å². The van der Waals surface area contributed by atoms with Gasteiger partial charge >= 0.3 is 0 Å². The summed E-state index contributed by atoms with van der Waals surface area (Å²) in [4.78, 5) is 12.3. The molecular weight excluding hydrogens is 302 g/mol. The van der Waals surface area contributed by atoms with Gasteiger partial charge < -0.3 is 5.32 Å². The normalized spacial score (nSPS) is 18.0. The maximum atomic E-state index is 12.3. The zero-order chi connectivity index (χ0) is 16.1. The molecule has 1 aliphatic carbocycles. The van der Waals surface area contributed by atoms with Crippen molar-refractivity contribution in [1.82, 2.24) is 5.32 Å². The van der Waals surface area contributed by atoms with Gasteiger partial charge in [-0.15, -0.1) is 11.8 Å². The number of benzene rings is 2. The highest BCUT2D eigenvalue weighted by Gasteiger charge is 2.21. The number of rotatable bonds is 5. The Morgan fingerprint density at radius 1 is 1.17 bits per heavy atom. The lowest BCUT2D eigenvalue weighted by atomic mass is 9.88. The van der Waals surface area contributed by atoms with E-state index in [1.165, 1.54) is 16.7 Å². The van der Waals surface area contributed by atoms with Gasteiger partial charge in [-0.25, -0.2) is 0 Å². The van der Waals surface area contributed by atoms with Gasteiger partial charge in [-0.2, -0.15) is 0 Å². The first-order chi connectivity index (χ1) is 11.2. The third-order valence-corrected chi connectivity index (χ3v) is 5.64. The van der Waals surface area contributed by atoms with Gasteiger partial charge in [0, 0.05) is 5.25 Å². The van der Waals surface area contributed by atoms with Crippen LogP contribution in [0, 0.1) is 0 Å². The molecule has 0 unspecified atom stereocenters. The third kappa shape index (κ3) is 4.17. The van der Waals surface area contributed by atoms with Crippen LogP contribution in [0.25, 0.3) is 0 Å². The van der Waals surface area contributed by atoms with Crippen molar-refractivity contribution < 1.29 is 4.79 Å². The molecule has 0 bridgehead atoms. The lowest BCUT2D eigenvalue weighted by Gasteiger charge is -2.26. The van der Waals surface area contributed by atoms with Crippen LogP contribution in [-0.2, 0) is 11.2 Å². The summed E-state index contributed by atoms with van der Waals surface area (Å²) in [5.41, 5.74) is 3.95. The second kappa shape index (κ2) is 7.69. The zero-order valence-electron chi connectivity index (χ0n) is 13.5. The number of carbonyl (C=O) groups excluding carboxylic acids is 1. The molecule has 2 atom stereocenters. The topological polar surface area (TPSA) is 29.1 Å². The van der Waals surface area contributed by atoms with Gasteiger partial charge in [-0.05, 0) is 42.9 Å². The average molecular weight is 325 g/mol. The van der Waals surface area contributed by atoms with Gasteiger partial charge in [0.15, 0.2) is 0 Å². The van der Waals surface area contributed by atoms with Gasteiger partial charge in [-0.1, -0.05) is 54.6 Å². The quantitative estimate of drug-likeness (QED) is 0.865. The highest BCUT2D eigenvalue weighted by Crippen LogP contribution is 2.30. The number of thioether (sulfide) groups is 1. The van der Waals surface area contributed by atoms with Crippen LogP contribution in [0.3, 0.4) is 0 Å². The second-order valence-corrected chi connectivity index (χ2v) is 7.40. The Morgan fingerprint density at radius 2 is 1.91 bits per heavy atom. The largest absolute Gasteiger partial charge is 0.349 e. The molecule has 0 saturated carbocycles. The number of fused-ring (bicyclic) bond motifs is 1. The molecule has 2 nitrogen and oxygen atoms in total. The second-order valence-electron chi connectivity index (χ2n) is 6.08. The first-order valence-electron chi connectivity index (χ1n) is 8.28. The molecule has 0 spiro atoms. The summed E-state index contributed by atoms with van der Waals surface area (Å²) in [6, 6.07) is 19.0. The molecule has 0 fully saturated rings. The fraction of sp³-hybridized carbons (Fsp3) is 0.350. The van der Waals surface area contributed by atoms with Gasteiger partial charge in [0.25, 0.3) is 0 Å². The minimum atomic E-state index is 0.138. The van der Waals surface area contributed by atoms with Crippen molar-refractivity contribution in [3.63, 3.8) is 0 Å². The van der Waals surface area contributed by atoms with Crippen molar-refractivity contribution in [3.8, 4) is 0 Å². The number of hydrogen-bond donors (Lipinski definition) is 1. The first-order valence-corrected chi connectivity index (χ1v) is 9.32. The van der Waals surface area contributed by atoms with E-state index in [0.29, 0.717) is 11.0 Å². The van der Waals surface area contributed by atoms with E-state index in [2.05, 4.69) is 48.6 Å². The Balaban J connectivity index is 1.54. The minimum absolute atomic E-state index is 0.138. The fourth-order valence-corrected chi connectivity index (χ4v) is 4.00. The standard InChI is InChI=1S/C20H23NOS/c1-15(16-8-3-2-4-9-16)23-14-20(22)21-19-13-7-11-17-10-5-6-12-18(17)19/h2-6,8-10,12,15,19H,7,11,13-14H2,1H3,(H,21,22)/t15-,19-/m1/s1. The van der Waals surface area contributed by atoms with Crippen LogP contribution in [0.4, 0.5) is 0 Å². The van der Waals surface area contributed by atoms with Crippen molar-refractivity contribution in [1.29, 1.82) is 0 Å². The molecule has 0 radical (unpaired) electrons. The van der Waals surface area contributed by atoms with Crippen molar-refractivity contribution in [3.05, 3.63) is 71.3 Å². The van der Waals surface area contributed by atoms with Crippen LogP contribution in [0.2, 0.25) is 0 Å². The van der Waals surface area contributed by atoms with Crippen LogP contribution in [-0.4, -0.2) is 11.7 Å². The SMILES string of the molecule is C[C@@H](SCC(=O)N[C@@H]1CCCc2ccccc21)c1ccccc1. The minimum Gasteiger partial charge on any atom is -0.349 e. The van der Waals surface area contributed by atoms with Gasteiger partial charge in [0.2, 0.25) is 5.91 Å². The average Bonchev–Trinajstić information content (AvgIpc) is 2.61. The Hall–Kier alpha value is -1.74. The summed E-state index contributed by atoms with van der Waals surface area (Å²) in [5, 5.41) is 3.56. The molecule has 0 aromatic heterocycles. The van der Waals surface area contributed by atoms with Crippen LogP contribution in [0.5, 0.6) is 0 Å². The highest BCUT2D eigenvalue weighted by molar-refractivity contribution is 8.00. The molecule has 3 heteroatoms. The predicted octanol–water partition coefficient (Wildman–Crippen LogP) is 4.67. The monoisotopic (exact) mass is 325 g/mol. The molecule has 120 valence electrons. The van der Waals surface area contributed by atoms with E-state index in [9.17, 15) is 4.79 Å². The highest BCUT2D eigenvalue weighted by atomic mass is 32.2. The fourth-order valence-electron chi connectivity index (χ4n) is 3.16. The first kappa shape index (κ1) is 16.1. The van der Waals surface area contributed by atoms with E-state index >= 15 is 0 Å². The smallest absolute Gasteiger partial charge is 0.230 e. The predicted molar refractivity (Wildman–Crippen MR) is 97.6 cm³/mol. The summed E-state index contributed by atoms with van der Waals surface area (Å²) in [7, 11) is 0. The lowest BCUT2D eigenvalue weighted by molar-refractivity contribution is -0.119. The zero-order valence-corrected chi connectivity index (χ0v) is 14.3. The molecule has 1 N–H and O–H groups in total. The summed E-state index contributed by atoms with van der Waals surface area (Å²) in [6.45, 7) is 2.16. The maximum Gasteiger partial charge on any atom is 0.230 e. The van der Waals surface area contributed by atoms with Crippen molar-refractivity contribution in [2.24, 2.45) is 0 Å². The summed E-state index contributed by atoms with van der Waals surface area (Å²) in [5.74, 6) is 0.647. The molecule has 0 aliphatic heterocycles. The van der Waals surface area contributed by atoms with Crippen LogP contribution in [0.15, 0.2) is 54.6 Å². The van der Waals surface area contributed by atoms with Crippen molar-refractivity contribution in [2.45, 2.75) is 37.5 Å². The Labute approximate surface area is 142 Å². The molecule has 3 rings (SSSR count). The van der Waals surface area contributed by atoms with E-state index in [0.717, 1.165) is 19.3 Å². The number of nitrogens with one attached hydrogen (secondary N) is 1. The molecular formula is C20H23NOS. The Bertz CT molecular complexity index is 656. The molecule has 1 aliphatic rings. The van der Waals surface area contributed by atoms with Crippen molar-refractivity contribution in [2.75, 3.05) is 5.75 Å². The lowest BCUT2D eigenvalue weighted by Crippen LogP contribution is -2.32. The number of amides is 1. The number of hydrogen-bond acceptors (Lipinski definition) is 2. The maximum absolute atomic E-state index is 12.3. The third-order valence-electron chi connectivity index (χ3n) is 4.44. The summed E-state index contributed by atoms with van der Waals surface area (Å²) in [6.07, 6.45) is 3.32. The van der Waals surface area contributed by atoms with Gasteiger partial charge in [0.05, 0.1) is 11.8 Å². The van der Waals surface area contributed by atoms with E-state index in [-0.39, 0.29) is 11.9 Å². The molecule has 1 amide bonds. The van der Waals surface area contributed by atoms with E-state index in [1.807, 2.05) is 18.2 Å². The van der Waals surface area contributed by atoms with Gasteiger partial charge in [-0.3, -0.25) is 4.79 Å². The molecule has 0 heterocycles. The molecule has 23 heavy (non-hydrogen) atoms.